The maximum atomic E-state index is 10.6. The van der Waals surface area contributed by atoms with Gasteiger partial charge >= 0.3 is 17.3 Å². The second-order valence-electron chi connectivity index (χ2n) is 8.03. The number of aromatic carboxylic acids is 1. The van der Waals surface area contributed by atoms with Gasteiger partial charge in [0.25, 0.3) is 0 Å². The predicted molar refractivity (Wildman–Crippen MR) is 127 cm³/mol. The summed E-state index contributed by atoms with van der Waals surface area (Å²) in [6, 6.07) is 11.3. The third-order valence-corrected chi connectivity index (χ3v) is 5.64. The number of benzene rings is 2. The highest BCUT2D eigenvalue weighted by Crippen LogP contribution is 2.32. The van der Waals surface area contributed by atoms with Crippen molar-refractivity contribution in [3.05, 3.63) is 85.7 Å². The van der Waals surface area contributed by atoms with Crippen LogP contribution in [-0.4, -0.2) is 45.0 Å². The molecule has 0 aliphatic carbocycles. The van der Waals surface area contributed by atoms with Gasteiger partial charge in [0.05, 0.1) is 27.7 Å². The molecule has 1 aliphatic heterocycles. The van der Waals surface area contributed by atoms with Crippen LogP contribution < -0.4 is 0 Å². The van der Waals surface area contributed by atoms with E-state index in [1.807, 2.05) is 18.4 Å². The number of nitriles is 1. The summed E-state index contributed by atoms with van der Waals surface area (Å²) in [7, 11) is 0. The van der Waals surface area contributed by atoms with Crippen LogP contribution in [0.25, 0.3) is 16.5 Å². The van der Waals surface area contributed by atoms with Crippen LogP contribution in [0.3, 0.4) is 0 Å². The van der Waals surface area contributed by atoms with Gasteiger partial charge in [-0.3, -0.25) is 25.1 Å². The van der Waals surface area contributed by atoms with Crippen molar-refractivity contribution in [3.63, 3.8) is 0 Å². The molecule has 4 rings (SSSR count). The fraction of sp³-hybridized carbons (Fsp3) is 0.250. The largest absolute Gasteiger partial charge is 0.477 e. The van der Waals surface area contributed by atoms with Gasteiger partial charge in [-0.2, -0.15) is 5.26 Å². The molecule has 180 valence electrons. The van der Waals surface area contributed by atoms with E-state index in [1.165, 1.54) is 5.57 Å². The molecule has 3 aromatic rings. The Kier molecular flexibility index (Phi) is 7.58. The van der Waals surface area contributed by atoms with Crippen molar-refractivity contribution in [1.82, 2.24) is 4.90 Å². The van der Waals surface area contributed by atoms with Gasteiger partial charge in [-0.1, -0.05) is 12.1 Å². The molecule has 11 heteroatoms. The van der Waals surface area contributed by atoms with E-state index < -0.39 is 32.8 Å². The topological polar surface area (TPSA) is 164 Å². The number of para-hydroxylation sites is 1. The number of nitrogens with zero attached hydrogens (tertiary/aromatic N) is 4. The molecule has 0 saturated heterocycles. The molecule has 0 atom stereocenters. The number of nitro benzene ring substituents is 2. The standard InChI is InChI=1S/C17H18N2O.C7H4N2O6/c1-12(2)19-7-5-14(6-8-19)16-11-20-17-4-3-13(10-18)9-15(16)17;10-7(11)4-2-1-3-5(8(12)13)6(4)9(14)15/h3-5,9,11-12H,6-8H2,1-2H3;1-3H,(H,10,11). The molecule has 0 saturated carbocycles. The Morgan fingerprint density at radius 1 is 1.20 bits per heavy atom. The molecule has 0 spiro atoms. The van der Waals surface area contributed by atoms with Crippen LogP contribution in [0, 0.1) is 31.6 Å². The van der Waals surface area contributed by atoms with Crippen LogP contribution >= 0.6 is 0 Å². The molecule has 1 N–H and O–H groups in total. The molecule has 35 heavy (non-hydrogen) atoms. The number of carboxylic acids is 1. The van der Waals surface area contributed by atoms with Crippen LogP contribution in [-0.2, 0) is 0 Å². The van der Waals surface area contributed by atoms with Crippen molar-refractivity contribution in [2.24, 2.45) is 0 Å². The summed E-state index contributed by atoms with van der Waals surface area (Å²) in [5, 5.41) is 39.6. The maximum Gasteiger partial charge on any atom is 0.360 e. The highest BCUT2D eigenvalue weighted by atomic mass is 16.6. The molecular weight excluding hydrogens is 456 g/mol. The minimum absolute atomic E-state index is 0.582. The zero-order valence-electron chi connectivity index (χ0n) is 19.0. The number of carboxylic acid groups (broad SMARTS) is 1. The highest BCUT2D eigenvalue weighted by Gasteiger charge is 2.31. The van der Waals surface area contributed by atoms with Crippen molar-refractivity contribution in [3.8, 4) is 6.07 Å². The van der Waals surface area contributed by atoms with E-state index in [-0.39, 0.29) is 0 Å². The lowest BCUT2D eigenvalue weighted by Gasteiger charge is -2.29. The predicted octanol–water partition coefficient (Wildman–Crippen LogP) is 5.00. The number of fused-ring (bicyclic) bond motifs is 1. The molecular formula is C24H22N4O7. The molecule has 1 aliphatic rings. The Morgan fingerprint density at radius 2 is 1.94 bits per heavy atom. The lowest BCUT2D eigenvalue weighted by Crippen LogP contribution is -2.34. The van der Waals surface area contributed by atoms with Gasteiger partial charge in [-0.05, 0) is 50.1 Å². The third kappa shape index (κ3) is 5.51. The molecule has 0 bridgehead atoms. The Morgan fingerprint density at radius 3 is 2.49 bits per heavy atom. The molecule has 2 aromatic carbocycles. The van der Waals surface area contributed by atoms with Crippen molar-refractivity contribution >= 4 is 33.9 Å². The van der Waals surface area contributed by atoms with Gasteiger partial charge in [0.1, 0.15) is 11.1 Å². The van der Waals surface area contributed by atoms with Gasteiger partial charge in [0.2, 0.25) is 0 Å². The molecule has 0 radical (unpaired) electrons. The summed E-state index contributed by atoms with van der Waals surface area (Å²) in [5.74, 6) is -1.58. The van der Waals surface area contributed by atoms with Crippen LogP contribution in [0.4, 0.5) is 11.4 Å². The van der Waals surface area contributed by atoms with E-state index in [1.54, 1.807) is 6.07 Å². The Bertz CT molecular complexity index is 1340. The monoisotopic (exact) mass is 478 g/mol. The number of hydrogen-bond acceptors (Lipinski definition) is 8. The van der Waals surface area contributed by atoms with Crippen LogP contribution in [0.1, 0.15) is 41.8 Å². The molecule has 2 heterocycles. The third-order valence-electron chi connectivity index (χ3n) is 5.64. The van der Waals surface area contributed by atoms with E-state index in [2.05, 4.69) is 30.9 Å². The van der Waals surface area contributed by atoms with Crippen LogP contribution in [0.2, 0.25) is 0 Å². The second kappa shape index (κ2) is 10.6. The van der Waals surface area contributed by atoms with Gasteiger partial charge in [0.15, 0.2) is 0 Å². The van der Waals surface area contributed by atoms with E-state index in [0.717, 1.165) is 54.2 Å². The summed E-state index contributed by atoms with van der Waals surface area (Å²) in [4.78, 5) is 31.8. The van der Waals surface area contributed by atoms with Crippen LogP contribution in [0.5, 0.6) is 0 Å². The number of hydrogen-bond donors (Lipinski definition) is 1. The quantitative estimate of drug-likeness (QED) is 0.392. The first kappa shape index (κ1) is 25.1. The van der Waals surface area contributed by atoms with Crippen molar-refractivity contribution in [1.29, 1.82) is 5.26 Å². The summed E-state index contributed by atoms with van der Waals surface area (Å²) >= 11 is 0. The lowest BCUT2D eigenvalue weighted by molar-refractivity contribution is -0.422. The minimum atomic E-state index is -1.58. The van der Waals surface area contributed by atoms with E-state index in [9.17, 15) is 25.0 Å². The fourth-order valence-electron chi connectivity index (χ4n) is 3.79. The van der Waals surface area contributed by atoms with E-state index in [4.69, 9.17) is 14.8 Å². The molecule has 0 fully saturated rings. The average molecular weight is 478 g/mol. The zero-order chi connectivity index (χ0) is 25.7. The first-order valence-corrected chi connectivity index (χ1v) is 10.6. The van der Waals surface area contributed by atoms with Gasteiger partial charge in [-0.25, -0.2) is 4.79 Å². The minimum Gasteiger partial charge on any atom is -0.477 e. The Balaban J connectivity index is 0.000000205. The number of rotatable bonds is 5. The van der Waals surface area contributed by atoms with E-state index >= 15 is 0 Å². The highest BCUT2D eigenvalue weighted by molar-refractivity contribution is 5.94. The summed E-state index contributed by atoms with van der Waals surface area (Å²) < 4.78 is 5.61. The summed E-state index contributed by atoms with van der Waals surface area (Å²) in [5.41, 5.74) is 1.46. The lowest BCUT2D eigenvalue weighted by atomic mass is 9.97. The molecule has 11 nitrogen and oxygen atoms in total. The summed E-state index contributed by atoms with van der Waals surface area (Å²) in [6.45, 7) is 6.52. The summed E-state index contributed by atoms with van der Waals surface area (Å²) in [6.07, 6.45) is 5.14. The normalized spacial score (nSPS) is 13.5. The number of carbonyl (C=O) groups is 1. The maximum absolute atomic E-state index is 10.6. The second-order valence-corrected chi connectivity index (χ2v) is 8.03. The Hall–Kier alpha value is -4.56. The van der Waals surface area contributed by atoms with Gasteiger partial charge in [0, 0.05) is 36.1 Å². The van der Waals surface area contributed by atoms with Crippen molar-refractivity contribution < 1.29 is 24.2 Å². The van der Waals surface area contributed by atoms with Gasteiger partial charge < -0.3 is 9.52 Å². The Labute approximate surface area is 199 Å². The number of furan rings is 1. The molecule has 0 unspecified atom stereocenters. The molecule has 1 aromatic heterocycles. The van der Waals surface area contributed by atoms with E-state index in [0.29, 0.717) is 11.6 Å². The fourth-order valence-corrected chi connectivity index (χ4v) is 3.79. The van der Waals surface area contributed by atoms with Crippen LogP contribution in [0.15, 0.2) is 53.2 Å². The first-order chi connectivity index (χ1) is 16.6. The smallest absolute Gasteiger partial charge is 0.360 e. The first-order valence-electron chi connectivity index (χ1n) is 10.6. The average Bonchev–Trinajstić information content (AvgIpc) is 3.27. The molecule has 0 amide bonds. The SMILES string of the molecule is CC(C)N1CC=C(c2coc3ccc(C#N)cc23)CC1.O=C(O)c1cccc([N+](=O)[O-])c1[N+](=O)[O-]. The number of nitro groups is 2. The van der Waals surface area contributed by atoms with Crippen molar-refractivity contribution in [2.45, 2.75) is 26.3 Å². The van der Waals surface area contributed by atoms with Gasteiger partial charge in [-0.15, -0.1) is 0 Å². The van der Waals surface area contributed by atoms with Crippen molar-refractivity contribution in [2.75, 3.05) is 13.1 Å². The zero-order valence-corrected chi connectivity index (χ0v) is 19.0.